The van der Waals surface area contributed by atoms with E-state index in [1.54, 1.807) is 31.2 Å². The predicted octanol–water partition coefficient (Wildman–Crippen LogP) is 3.68. The minimum atomic E-state index is -1.14. The third-order valence-electron chi connectivity index (χ3n) is 5.07. The van der Waals surface area contributed by atoms with Gasteiger partial charge in [-0.15, -0.1) is 0 Å². The number of hydrogen-bond donors (Lipinski definition) is 1. The van der Waals surface area contributed by atoms with Crippen molar-refractivity contribution in [1.82, 2.24) is 10.2 Å². The van der Waals surface area contributed by atoms with E-state index in [1.807, 2.05) is 42.5 Å². The molecule has 1 saturated heterocycles. The largest absolute Gasteiger partial charge is 0.325 e. The van der Waals surface area contributed by atoms with E-state index < -0.39 is 11.6 Å². The fraction of sp³-hybridized carbons (Fsp3) is 0.136. The van der Waals surface area contributed by atoms with Crippen molar-refractivity contribution in [2.75, 3.05) is 0 Å². The molecule has 27 heavy (non-hydrogen) atoms. The first kappa shape index (κ1) is 16.8. The standard InChI is InChI=1S/C22H17N3O2/c1-22(18-11-9-15(13-23)10-12-18)20(26)25(21(27)24-22)14-17-7-4-6-16-5-2-3-8-19(16)17/h2-12H,14H2,1H3,(H,24,27). The molecule has 3 aromatic rings. The van der Waals surface area contributed by atoms with Crippen LogP contribution in [0.4, 0.5) is 4.79 Å². The Kier molecular flexibility index (Phi) is 3.89. The Morgan fingerprint density at radius 1 is 1.00 bits per heavy atom. The maximum absolute atomic E-state index is 13.1. The minimum absolute atomic E-state index is 0.206. The maximum Gasteiger partial charge on any atom is 0.325 e. The van der Waals surface area contributed by atoms with Gasteiger partial charge in [-0.1, -0.05) is 54.6 Å². The normalized spacial score (nSPS) is 19.2. The van der Waals surface area contributed by atoms with E-state index >= 15 is 0 Å². The fourth-order valence-electron chi connectivity index (χ4n) is 3.52. The molecule has 1 aliphatic heterocycles. The molecule has 0 bridgehead atoms. The Bertz CT molecular complexity index is 1090. The van der Waals surface area contributed by atoms with Gasteiger partial charge in [0, 0.05) is 0 Å². The van der Waals surface area contributed by atoms with Crippen LogP contribution < -0.4 is 5.32 Å². The van der Waals surface area contributed by atoms with Crippen LogP contribution in [0.2, 0.25) is 0 Å². The van der Waals surface area contributed by atoms with E-state index in [4.69, 9.17) is 5.26 Å². The summed E-state index contributed by atoms with van der Waals surface area (Å²) in [5.41, 5.74) is 0.933. The molecular formula is C22H17N3O2. The van der Waals surface area contributed by atoms with E-state index in [1.165, 1.54) is 4.90 Å². The summed E-state index contributed by atoms with van der Waals surface area (Å²) in [5.74, 6) is -0.301. The zero-order valence-electron chi connectivity index (χ0n) is 14.8. The van der Waals surface area contributed by atoms with Gasteiger partial charge >= 0.3 is 6.03 Å². The molecule has 1 N–H and O–H groups in total. The SMILES string of the molecule is CC1(c2ccc(C#N)cc2)NC(=O)N(Cc2cccc3ccccc23)C1=O. The number of nitrogens with zero attached hydrogens (tertiary/aromatic N) is 2. The second kappa shape index (κ2) is 6.26. The average Bonchev–Trinajstić information content (AvgIpc) is 2.92. The number of carbonyl (C=O) groups is 2. The molecule has 3 amide bonds. The second-order valence-corrected chi connectivity index (χ2v) is 6.77. The highest BCUT2D eigenvalue weighted by molar-refractivity contribution is 6.07. The van der Waals surface area contributed by atoms with Gasteiger partial charge in [-0.05, 0) is 41.0 Å². The summed E-state index contributed by atoms with van der Waals surface area (Å²) >= 11 is 0. The van der Waals surface area contributed by atoms with Crippen LogP contribution in [-0.4, -0.2) is 16.8 Å². The minimum Gasteiger partial charge on any atom is -0.319 e. The van der Waals surface area contributed by atoms with Crippen LogP contribution in [0.5, 0.6) is 0 Å². The van der Waals surface area contributed by atoms with Crippen molar-refractivity contribution in [2.45, 2.75) is 19.0 Å². The highest BCUT2D eigenvalue weighted by atomic mass is 16.2. The molecule has 0 aromatic heterocycles. The Labute approximate surface area is 156 Å². The van der Waals surface area contributed by atoms with Gasteiger partial charge in [-0.3, -0.25) is 9.69 Å². The second-order valence-electron chi connectivity index (χ2n) is 6.77. The fourth-order valence-corrected chi connectivity index (χ4v) is 3.52. The number of imide groups is 1. The molecule has 3 aromatic carbocycles. The van der Waals surface area contributed by atoms with Crippen LogP contribution in [-0.2, 0) is 16.9 Å². The molecule has 0 saturated carbocycles. The first-order valence-electron chi connectivity index (χ1n) is 8.64. The monoisotopic (exact) mass is 355 g/mol. The number of nitriles is 1. The van der Waals surface area contributed by atoms with Crippen molar-refractivity contribution >= 4 is 22.7 Å². The van der Waals surface area contributed by atoms with Crippen LogP contribution in [0, 0.1) is 11.3 Å². The summed E-state index contributed by atoms with van der Waals surface area (Å²) in [6, 6.07) is 22.1. The molecule has 1 fully saturated rings. The van der Waals surface area contributed by atoms with Crippen LogP contribution in [0.15, 0.2) is 66.7 Å². The smallest absolute Gasteiger partial charge is 0.319 e. The van der Waals surface area contributed by atoms with Gasteiger partial charge in [0.05, 0.1) is 18.2 Å². The zero-order chi connectivity index (χ0) is 19.0. The predicted molar refractivity (Wildman–Crippen MR) is 102 cm³/mol. The number of fused-ring (bicyclic) bond motifs is 1. The van der Waals surface area contributed by atoms with Crippen LogP contribution in [0.1, 0.15) is 23.6 Å². The third-order valence-corrected chi connectivity index (χ3v) is 5.07. The van der Waals surface area contributed by atoms with E-state index in [-0.39, 0.29) is 12.5 Å². The highest BCUT2D eigenvalue weighted by Crippen LogP contribution is 2.31. The molecule has 4 rings (SSSR count). The zero-order valence-corrected chi connectivity index (χ0v) is 14.8. The van der Waals surface area contributed by atoms with Gasteiger partial charge in [0.2, 0.25) is 0 Å². The number of carbonyl (C=O) groups excluding carboxylic acids is 2. The topological polar surface area (TPSA) is 73.2 Å². The Hall–Kier alpha value is -3.65. The van der Waals surface area contributed by atoms with Crippen molar-refractivity contribution in [2.24, 2.45) is 0 Å². The van der Waals surface area contributed by atoms with Gasteiger partial charge < -0.3 is 5.32 Å². The van der Waals surface area contributed by atoms with Gasteiger partial charge in [0.1, 0.15) is 5.54 Å². The van der Waals surface area contributed by atoms with Gasteiger partial charge in [0.15, 0.2) is 0 Å². The molecule has 1 unspecified atom stereocenters. The lowest BCUT2D eigenvalue weighted by Crippen LogP contribution is -2.40. The summed E-state index contributed by atoms with van der Waals surface area (Å²) in [6.07, 6.45) is 0. The summed E-state index contributed by atoms with van der Waals surface area (Å²) in [4.78, 5) is 26.9. The number of nitrogens with one attached hydrogen (secondary N) is 1. The van der Waals surface area contributed by atoms with Crippen molar-refractivity contribution in [1.29, 1.82) is 5.26 Å². The molecule has 1 atom stereocenters. The number of urea groups is 1. The molecule has 0 radical (unpaired) electrons. The molecule has 1 heterocycles. The first-order chi connectivity index (χ1) is 13.0. The quantitative estimate of drug-likeness (QED) is 0.729. The molecule has 5 nitrogen and oxygen atoms in total. The van der Waals surface area contributed by atoms with Crippen LogP contribution in [0.3, 0.4) is 0 Å². The lowest BCUT2D eigenvalue weighted by molar-refractivity contribution is -0.131. The summed E-state index contributed by atoms with van der Waals surface area (Å²) in [5, 5.41) is 13.8. The summed E-state index contributed by atoms with van der Waals surface area (Å²) in [7, 11) is 0. The van der Waals surface area contributed by atoms with Gasteiger partial charge in [-0.25, -0.2) is 4.79 Å². The average molecular weight is 355 g/mol. The van der Waals surface area contributed by atoms with Crippen LogP contribution in [0.25, 0.3) is 10.8 Å². The summed E-state index contributed by atoms with van der Waals surface area (Å²) < 4.78 is 0. The van der Waals surface area contributed by atoms with E-state index in [2.05, 4.69) is 11.4 Å². The van der Waals surface area contributed by atoms with Crippen LogP contribution >= 0.6 is 0 Å². The molecule has 5 heteroatoms. The number of amides is 3. The number of rotatable bonds is 3. The molecule has 132 valence electrons. The number of benzene rings is 3. The van der Waals surface area contributed by atoms with E-state index in [0.29, 0.717) is 11.1 Å². The lowest BCUT2D eigenvalue weighted by atomic mass is 9.91. The Balaban J connectivity index is 1.67. The molecule has 0 spiro atoms. The van der Waals surface area contributed by atoms with Crippen molar-refractivity contribution in [3.8, 4) is 6.07 Å². The molecule has 0 aliphatic carbocycles. The number of hydrogen-bond acceptors (Lipinski definition) is 3. The highest BCUT2D eigenvalue weighted by Gasteiger charge is 2.48. The Morgan fingerprint density at radius 2 is 1.70 bits per heavy atom. The molecule has 1 aliphatic rings. The van der Waals surface area contributed by atoms with E-state index in [0.717, 1.165) is 16.3 Å². The van der Waals surface area contributed by atoms with Crippen molar-refractivity contribution < 1.29 is 9.59 Å². The first-order valence-corrected chi connectivity index (χ1v) is 8.64. The van der Waals surface area contributed by atoms with Crippen molar-refractivity contribution in [3.63, 3.8) is 0 Å². The van der Waals surface area contributed by atoms with Gasteiger partial charge in [0.25, 0.3) is 5.91 Å². The lowest BCUT2D eigenvalue weighted by Gasteiger charge is -2.22. The van der Waals surface area contributed by atoms with E-state index in [9.17, 15) is 9.59 Å². The summed E-state index contributed by atoms with van der Waals surface area (Å²) in [6.45, 7) is 1.90. The maximum atomic E-state index is 13.1. The Morgan fingerprint density at radius 3 is 2.44 bits per heavy atom. The third kappa shape index (κ3) is 2.72. The van der Waals surface area contributed by atoms with Crippen molar-refractivity contribution in [3.05, 3.63) is 83.4 Å². The molecular weight excluding hydrogens is 338 g/mol. The van der Waals surface area contributed by atoms with Gasteiger partial charge in [-0.2, -0.15) is 5.26 Å².